The maximum atomic E-state index is 11.6. The molecule has 0 aromatic heterocycles. The number of ether oxygens (including phenoxy) is 1. The fraction of sp³-hybridized carbons (Fsp3) is 0.429. The van der Waals surface area contributed by atoms with Gasteiger partial charge in [0.15, 0.2) is 0 Å². The third-order valence-electron chi connectivity index (χ3n) is 8.03. The Bertz CT molecular complexity index is 1340. The maximum Gasteiger partial charge on any atom is 0.335 e. The van der Waals surface area contributed by atoms with Crippen LogP contribution in [0.25, 0.3) is 0 Å². The molecule has 218 valence electrons. The highest BCUT2D eigenvalue weighted by molar-refractivity contribution is 5.88. The highest BCUT2D eigenvalue weighted by Gasteiger charge is 2.27. The zero-order chi connectivity index (χ0) is 29.4. The van der Waals surface area contributed by atoms with Crippen LogP contribution < -0.4 is 4.74 Å². The second-order valence-corrected chi connectivity index (χ2v) is 12.1. The van der Waals surface area contributed by atoms with Crippen LogP contribution in [0.3, 0.4) is 0 Å². The summed E-state index contributed by atoms with van der Waals surface area (Å²) < 4.78 is 6.35. The normalized spacial score (nSPS) is 15.0. The van der Waals surface area contributed by atoms with Gasteiger partial charge in [0.05, 0.1) is 5.56 Å². The lowest BCUT2D eigenvalue weighted by Crippen LogP contribution is -2.34. The van der Waals surface area contributed by atoms with Crippen LogP contribution in [-0.2, 0) is 29.7 Å². The highest BCUT2D eigenvalue weighted by atomic mass is 16.5. The maximum absolute atomic E-state index is 11.6. The summed E-state index contributed by atoms with van der Waals surface area (Å²) in [5.74, 6) is -0.781. The Morgan fingerprint density at radius 3 is 2.51 bits per heavy atom. The van der Waals surface area contributed by atoms with Crippen molar-refractivity contribution < 1.29 is 24.5 Å². The summed E-state index contributed by atoms with van der Waals surface area (Å²) in [5, 5.41) is 18.6. The van der Waals surface area contributed by atoms with Crippen molar-refractivity contribution in [2.24, 2.45) is 0 Å². The molecule has 0 saturated carbocycles. The van der Waals surface area contributed by atoms with Gasteiger partial charge in [-0.2, -0.15) is 0 Å². The van der Waals surface area contributed by atoms with Gasteiger partial charge in [-0.15, -0.1) is 0 Å². The average molecular weight is 558 g/mol. The smallest absolute Gasteiger partial charge is 0.335 e. The molecule has 1 aliphatic rings. The Morgan fingerprint density at radius 2 is 1.76 bits per heavy atom. The Balaban J connectivity index is 1.49. The van der Waals surface area contributed by atoms with E-state index < -0.39 is 11.9 Å². The van der Waals surface area contributed by atoms with E-state index in [0.29, 0.717) is 18.6 Å². The lowest BCUT2D eigenvalue weighted by atomic mass is 9.85. The Hall–Kier alpha value is -3.64. The molecule has 0 heterocycles. The first-order valence-corrected chi connectivity index (χ1v) is 14.7. The number of unbranched alkanes of at least 4 members (excludes halogenated alkanes) is 1. The lowest BCUT2D eigenvalue weighted by Gasteiger charge is -2.36. The number of carboxylic acids is 2. The molecule has 0 bridgehead atoms. The first-order chi connectivity index (χ1) is 19.6. The van der Waals surface area contributed by atoms with Gasteiger partial charge in [-0.05, 0) is 96.5 Å². The minimum Gasteiger partial charge on any atom is -0.489 e. The topological polar surface area (TPSA) is 87.1 Å². The van der Waals surface area contributed by atoms with E-state index in [-0.39, 0.29) is 17.9 Å². The number of aliphatic carboxylic acids is 1. The Kier molecular flexibility index (Phi) is 10.2. The van der Waals surface area contributed by atoms with Crippen LogP contribution in [0.4, 0.5) is 0 Å². The van der Waals surface area contributed by atoms with Crippen molar-refractivity contribution in [1.29, 1.82) is 0 Å². The number of nitrogens with zero attached hydrogens (tertiary/aromatic N) is 1. The van der Waals surface area contributed by atoms with E-state index in [9.17, 15) is 14.7 Å². The van der Waals surface area contributed by atoms with Gasteiger partial charge >= 0.3 is 11.9 Å². The van der Waals surface area contributed by atoms with E-state index in [4.69, 9.17) is 9.84 Å². The van der Waals surface area contributed by atoms with Crippen molar-refractivity contribution in [1.82, 2.24) is 4.90 Å². The van der Waals surface area contributed by atoms with Crippen LogP contribution in [0.2, 0.25) is 0 Å². The summed E-state index contributed by atoms with van der Waals surface area (Å²) in [4.78, 5) is 25.1. The molecule has 41 heavy (non-hydrogen) atoms. The van der Waals surface area contributed by atoms with Gasteiger partial charge in [-0.3, -0.25) is 9.69 Å². The average Bonchev–Trinajstić information content (AvgIpc) is 2.95. The minimum absolute atomic E-state index is 0.0781. The second-order valence-electron chi connectivity index (χ2n) is 12.1. The highest BCUT2D eigenvalue weighted by Crippen LogP contribution is 2.36. The second kappa shape index (κ2) is 13.8. The van der Waals surface area contributed by atoms with E-state index >= 15 is 0 Å². The number of carboxylic acid groups (broad SMARTS) is 2. The molecule has 1 aliphatic carbocycles. The van der Waals surface area contributed by atoms with Crippen molar-refractivity contribution in [2.45, 2.75) is 83.8 Å². The summed E-state index contributed by atoms with van der Waals surface area (Å²) in [6.07, 6.45) is 5.29. The Morgan fingerprint density at radius 1 is 0.951 bits per heavy atom. The molecule has 0 saturated heterocycles. The predicted octanol–water partition coefficient (Wildman–Crippen LogP) is 7.44. The zero-order valence-electron chi connectivity index (χ0n) is 24.6. The van der Waals surface area contributed by atoms with Crippen LogP contribution in [0.15, 0.2) is 66.7 Å². The molecule has 3 aromatic rings. The molecule has 3 aromatic carbocycles. The van der Waals surface area contributed by atoms with Crippen molar-refractivity contribution in [2.75, 3.05) is 13.1 Å². The van der Waals surface area contributed by atoms with Gasteiger partial charge in [0.25, 0.3) is 0 Å². The van der Waals surface area contributed by atoms with Gasteiger partial charge in [-0.25, -0.2) is 4.79 Å². The standard InChI is InChI=1S/C35H43NO5/c1-35(2,3)29-13-8-10-25(22-29)24-41-32-15-5-4-11-26(32)19-21-36(20-7-6-16-33(37)38)31-14-9-12-27-23-28(34(39)40)17-18-30(27)31/h4-5,8,10-11,13,15,17-18,22-23,31H,6-7,9,12,14,16,19-21,24H2,1-3H3,(H,37,38)(H,39,40)/t31-/m1/s1. The number of para-hydroxylation sites is 1. The monoisotopic (exact) mass is 557 g/mol. The molecule has 6 nitrogen and oxygen atoms in total. The van der Waals surface area contributed by atoms with Crippen molar-refractivity contribution in [3.05, 3.63) is 100 Å². The molecule has 6 heteroatoms. The lowest BCUT2D eigenvalue weighted by molar-refractivity contribution is -0.137. The summed E-state index contributed by atoms with van der Waals surface area (Å²) in [5.41, 5.74) is 6.29. The van der Waals surface area contributed by atoms with E-state index in [1.54, 1.807) is 6.07 Å². The van der Waals surface area contributed by atoms with E-state index in [1.807, 2.05) is 30.3 Å². The first kappa shape index (κ1) is 30.3. The van der Waals surface area contributed by atoms with Gasteiger partial charge in [0.1, 0.15) is 12.4 Å². The minimum atomic E-state index is -0.901. The molecule has 0 radical (unpaired) electrons. The molecule has 0 aliphatic heterocycles. The van der Waals surface area contributed by atoms with Crippen LogP contribution in [0, 0.1) is 0 Å². The number of benzene rings is 3. The molecule has 0 fully saturated rings. The summed E-state index contributed by atoms with van der Waals surface area (Å²) in [6.45, 7) is 8.74. The van der Waals surface area contributed by atoms with Gasteiger partial charge in [0.2, 0.25) is 0 Å². The van der Waals surface area contributed by atoms with Crippen LogP contribution in [0.1, 0.15) is 97.1 Å². The van der Waals surface area contributed by atoms with Gasteiger partial charge < -0.3 is 14.9 Å². The summed E-state index contributed by atoms with van der Waals surface area (Å²) in [7, 11) is 0. The molecular formula is C35H43NO5. The molecule has 2 N–H and O–H groups in total. The first-order valence-electron chi connectivity index (χ1n) is 14.7. The number of hydrogen-bond donors (Lipinski definition) is 2. The fourth-order valence-corrected chi connectivity index (χ4v) is 5.72. The molecule has 0 unspecified atom stereocenters. The van der Waals surface area contributed by atoms with Crippen LogP contribution in [0.5, 0.6) is 5.75 Å². The number of hydrogen-bond acceptors (Lipinski definition) is 4. The number of aryl methyl sites for hydroxylation is 1. The van der Waals surface area contributed by atoms with Crippen molar-refractivity contribution in [3.63, 3.8) is 0 Å². The SMILES string of the molecule is CC(C)(C)c1cccc(COc2ccccc2CCN(CCCCC(=O)O)[C@@H]2CCCc3cc(C(=O)O)ccc32)c1. The Labute approximate surface area is 244 Å². The molecular weight excluding hydrogens is 514 g/mol. The van der Waals surface area contributed by atoms with E-state index in [1.165, 1.54) is 11.1 Å². The number of fused-ring (bicyclic) bond motifs is 1. The largest absolute Gasteiger partial charge is 0.489 e. The van der Waals surface area contributed by atoms with Crippen LogP contribution >= 0.6 is 0 Å². The third-order valence-corrected chi connectivity index (χ3v) is 8.03. The van der Waals surface area contributed by atoms with Crippen molar-refractivity contribution in [3.8, 4) is 5.75 Å². The number of aromatic carboxylic acids is 1. The van der Waals surface area contributed by atoms with E-state index in [2.05, 4.69) is 56.0 Å². The fourth-order valence-electron chi connectivity index (χ4n) is 5.72. The molecule has 0 spiro atoms. The summed E-state index contributed by atoms with van der Waals surface area (Å²) in [6, 6.07) is 22.5. The molecule has 0 amide bonds. The zero-order valence-corrected chi connectivity index (χ0v) is 24.6. The van der Waals surface area contributed by atoms with Crippen molar-refractivity contribution >= 4 is 11.9 Å². The molecule has 1 atom stereocenters. The van der Waals surface area contributed by atoms with Gasteiger partial charge in [-0.1, -0.05) is 69.3 Å². The number of rotatable bonds is 13. The summed E-state index contributed by atoms with van der Waals surface area (Å²) >= 11 is 0. The van der Waals surface area contributed by atoms with Crippen LogP contribution in [-0.4, -0.2) is 40.1 Å². The third kappa shape index (κ3) is 8.43. The van der Waals surface area contributed by atoms with Gasteiger partial charge in [0, 0.05) is 19.0 Å². The molecule has 4 rings (SSSR count). The quantitative estimate of drug-likeness (QED) is 0.212. The number of carbonyl (C=O) groups is 2. The van der Waals surface area contributed by atoms with E-state index in [0.717, 1.165) is 67.6 Å². The predicted molar refractivity (Wildman–Crippen MR) is 162 cm³/mol.